The molecule has 0 aromatic heterocycles. The molecule has 188 valence electrons. The van der Waals surface area contributed by atoms with Gasteiger partial charge in [-0.25, -0.2) is 17.5 Å². The number of nitrogens with one attached hydrogen (secondary N) is 1. The highest BCUT2D eigenvalue weighted by molar-refractivity contribution is 7.89. The second-order valence-electron chi connectivity index (χ2n) is 9.51. The molecule has 1 aliphatic carbocycles. The van der Waals surface area contributed by atoms with E-state index in [2.05, 4.69) is 4.72 Å². The molecular formula is C25H27F3N2O4S. The highest BCUT2D eigenvalue weighted by Crippen LogP contribution is 2.56. The van der Waals surface area contributed by atoms with Crippen LogP contribution in [0, 0.1) is 18.1 Å². The number of halogens is 3. The summed E-state index contributed by atoms with van der Waals surface area (Å²) in [5.41, 5.74) is -0.0247. The molecular weight excluding hydrogens is 481 g/mol. The average molecular weight is 512 g/mol. The summed E-state index contributed by atoms with van der Waals surface area (Å²) in [6.45, 7) is -1.81. The number of nitrogens with zero attached hydrogens (tertiary/aromatic N) is 1. The number of alkyl halides is 2. The molecule has 2 aromatic rings. The maximum atomic E-state index is 15.9. The lowest BCUT2D eigenvalue weighted by atomic mass is 9.91. The molecule has 0 bridgehead atoms. The van der Waals surface area contributed by atoms with Crippen LogP contribution in [-0.4, -0.2) is 56.3 Å². The van der Waals surface area contributed by atoms with Crippen molar-refractivity contribution in [2.75, 3.05) is 13.2 Å². The highest BCUT2D eigenvalue weighted by atomic mass is 32.2. The van der Waals surface area contributed by atoms with Gasteiger partial charge < -0.3 is 9.64 Å². The van der Waals surface area contributed by atoms with E-state index < -0.39 is 52.1 Å². The van der Waals surface area contributed by atoms with Gasteiger partial charge in [-0.05, 0) is 37.2 Å². The van der Waals surface area contributed by atoms with Crippen LogP contribution in [0.1, 0.15) is 34.5 Å². The van der Waals surface area contributed by atoms with Gasteiger partial charge in [0.25, 0.3) is 15.9 Å². The van der Waals surface area contributed by atoms with Crippen LogP contribution < -0.4 is 4.72 Å². The van der Waals surface area contributed by atoms with Crippen LogP contribution >= 0.6 is 0 Å². The molecule has 35 heavy (non-hydrogen) atoms. The number of ether oxygens (including phenoxy) is 1. The number of likely N-dealkylation sites (tertiary alicyclic amines) is 1. The summed E-state index contributed by atoms with van der Waals surface area (Å²) in [7, 11) is -4.98. The van der Waals surface area contributed by atoms with Crippen molar-refractivity contribution in [2.24, 2.45) is 5.41 Å². The third-order valence-corrected chi connectivity index (χ3v) is 8.34. The predicted molar refractivity (Wildman–Crippen MR) is 124 cm³/mol. The van der Waals surface area contributed by atoms with Crippen LogP contribution in [-0.2, 0) is 26.0 Å². The van der Waals surface area contributed by atoms with Crippen LogP contribution in [0.3, 0.4) is 0 Å². The van der Waals surface area contributed by atoms with Crippen molar-refractivity contribution in [2.45, 2.75) is 56.5 Å². The van der Waals surface area contributed by atoms with E-state index in [0.717, 1.165) is 0 Å². The Morgan fingerprint density at radius 3 is 2.66 bits per heavy atom. The minimum absolute atomic E-state index is 0.0463. The number of rotatable bonds is 7. The molecule has 1 spiro atoms. The topological polar surface area (TPSA) is 75.7 Å². The van der Waals surface area contributed by atoms with Crippen molar-refractivity contribution in [3.8, 4) is 11.1 Å². The van der Waals surface area contributed by atoms with Gasteiger partial charge in [0.2, 0.25) is 0 Å². The first-order valence-electron chi connectivity index (χ1n) is 12.9. The van der Waals surface area contributed by atoms with E-state index in [1.54, 1.807) is 12.1 Å². The molecule has 1 saturated carbocycles. The number of aryl methyl sites for hydroxylation is 1. The average Bonchev–Trinajstić information content (AvgIpc) is 3.53. The molecule has 3 fully saturated rings. The number of benzene rings is 2. The molecule has 2 aliphatic heterocycles. The van der Waals surface area contributed by atoms with Crippen LogP contribution in [0.15, 0.2) is 42.5 Å². The van der Waals surface area contributed by atoms with E-state index in [0.29, 0.717) is 31.4 Å². The monoisotopic (exact) mass is 511 g/mol. The van der Waals surface area contributed by atoms with Crippen molar-refractivity contribution in [1.29, 1.82) is 0 Å². The largest absolute Gasteiger partial charge is 0.368 e. The zero-order valence-corrected chi connectivity index (χ0v) is 19.5. The van der Waals surface area contributed by atoms with Crippen molar-refractivity contribution < 1.29 is 35.2 Å². The van der Waals surface area contributed by atoms with Gasteiger partial charge in [0.15, 0.2) is 0 Å². The standard InChI is InChI=1S/C25H27F3N2O4S/c1-15-4-2-5-16(12-15)18-7-3-6-17(21(18)26)13-19-22(29-35(32,33)24(27)28)25(9-10-25)14-30(19)23(31)20-8-11-34-20/h2-7,12,19-20,22,24,29H,8-11,13-14H2,1H3/t19-,20+,22+/m0/s1/i1D3. The molecule has 1 amide bonds. The summed E-state index contributed by atoms with van der Waals surface area (Å²) in [5, 5.41) is 0. The number of sulfonamides is 1. The van der Waals surface area contributed by atoms with Crippen molar-refractivity contribution in [1.82, 2.24) is 9.62 Å². The Bertz CT molecular complexity index is 1350. The Kier molecular flexibility index (Phi) is 5.27. The Labute approximate surface area is 206 Å². The van der Waals surface area contributed by atoms with E-state index >= 15 is 4.39 Å². The van der Waals surface area contributed by atoms with Gasteiger partial charge in [-0.1, -0.05) is 48.0 Å². The second kappa shape index (κ2) is 8.90. The summed E-state index contributed by atoms with van der Waals surface area (Å²) in [6.07, 6.45) is 0.748. The minimum atomic E-state index is -4.98. The first-order chi connectivity index (χ1) is 17.8. The first-order valence-corrected chi connectivity index (χ1v) is 13.0. The summed E-state index contributed by atoms with van der Waals surface area (Å²) in [5.74, 6) is -4.67. The smallest absolute Gasteiger partial charge is 0.350 e. The van der Waals surface area contributed by atoms with Gasteiger partial charge in [0.05, 0.1) is 12.6 Å². The molecule has 2 heterocycles. The fraction of sp³-hybridized carbons (Fsp3) is 0.480. The second-order valence-corrected chi connectivity index (χ2v) is 11.2. The lowest BCUT2D eigenvalue weighted by Gasteiger charge is -2.34. The fourth-order valence-electron chi connectivity index (χ4n) is 5.16. The number of carbonyl (C=O) groups excluding carboxylic acids is 1. The molecule has 2 saturated heterocycles. The van der Waals surface area contributed by atoms with Crippen molar-refractivity contribution in [3.63, 3.8) is 0 Å². The Morgan fingerprint density at radius 1 is 1.29 bits per heavy atom. The number of amides is 1. The molecule has 5 rings (SSSR count). The summed E-state index contributed by atoms with van der Waals surface area (Å²) < 4.78 is 97.3. The number of hydrogen-bond donors (Lipinski definition) is 1. The summed E-state index contributed by atoms with van der Waals surface area (Å²) in [6, 6.07) is 8.54. The highest BCUT2D eigenvalue weighted by Gasteiger charge is 2.62. The maximum absolute atomic E-state index is 15.9. The molecule has 0 unspecified atom stereocenters. The molecule has 10 heteroatoms. The third-order valence-electron chi connectivity index (χ3n) is 7.29. The number of hydrogen-bond acceptors (Lipinski definition) is 4. The van der Waals surface area contributed by atoms with E-state index in [1.807, 2.05) is 0 Å². The zero-order chi connectivity index (χ0) is 27.5. The first kappa shape index (κ1) is 20.7. The fourth-order valence-corrected chi connectivity index (χ4v) is 6.03. The van der Waals surface area contributed by atoms with Gasteiger partial charge in [0.1, 0.15) is 11.9 Å². The lowest BCUT2D eigenvalue weighted by Crippen LogP contribution is -2.53. The minimum Gasteiger partial charge on any atom is -0.368 e. The van der Waals surface area contributed by atoms with Gasteiger partial charge >= 0.3 is 5.76 Å². The van der Waals surface area contributed by atoms with Crippen molar-refractivity contribution in [3.05, 3.63) is 59.4 Å². The van der Waals surface area contributed by atoms with Crippen LogP contribution in [0.25, 0.3) is 11.1 Å². The quantitative estimate of drug-likeness (QED) is 0.616. The number of carbonyl (C=O) groups is 1. The lowest BCUT2D eigenvalue weighted by molar-refractivity contribution is -0.157. The van der Waals surface area contributed by atoms with Crippen LogP contribution in [0.2, 0.25) is 0 Å². The van der Waals surface area contributed by atoms with Gasteiger partial charge in [-0.3, -0.25) is 4.79 Å². The molecule has 3 atom stereocenters. The SMILES string of the molecule is [2H]C([2H])([2H])c1cccc(-c2cccc(C[C@H]3[C@@H](NS(=O)(=O)C(F)F)C4(CC4)CN3C(=O)[C@H]3CCO3)c2F)c1. The Morgan fingerprint density at radius 2 is 2.03 bits per heavy atom. The molecule has 1 N–H and O–H groups in total. The Balaban J connectivity index is 1.51. The summed E-state index contributed by atoms with van der Waals surface area (Å²) >= 11 is 0. The van der Waals surface area contributed by atoms with E-state index in [-0.39, 0.29) is 35.6 Å². The van der Waals surface area contributed by atoms with Gasteiger partial charge in [0, 0.05) is 34.1 Å². The van der Waals surface area contributed by atoms with E-state index in [1.165, 1.54) is 35.2 Å². The van der Waals surface area contributed by atoms with Crippen molar-refractivity contribution >= 4 is 15.9 Å². The predicted octanol–water partition coefficient (Wildman–Crippen LogP) is 3.63. The molecule has 6 nitrogen and oxygen atoms in total. The van der Waals surface area contributed by atoms with E-state index in [9.17, 15) is 22.0 Å². The molecule has 3 aliphatic rings. The third kappa shape index (κ3) is 4.47. The van der Waals surface area contributed by atoms with Crippen LogP contribution in [0.5, 0.6) is 0 Å². The van der Waals surface area contributed by atoms with Gasteiger partial charge in [-0.2, -0.15) is 8.78 Å². The van der Waals surface area contributed by atoms with Gasteiger partial charge in [-0.15, -0.1) is 0 Å². The molecule has 2 aromatic carbocycles. The summed E-state index contributed by atoms with van der Waals surface area (Å²) in [4.78, 5) is 14.7. The zero-order valence-electron chi connectivity index (χ0n) is 21.7. The normalized spacial score (nSPS) is 26.8. The van der Waals surface area contributed by atoms with E-state index in [4.69, 9.17) is 8.85 Å². The molecule has 0 radical (unpaired) electrons. The maximum Gasteiger partial charge on any atom is 0.350 e. The Hall–Kier alpha value is -2.43. The van der Waals surface area contributed by atoms with Crippen LogP contribution in [0.4, 0.5) is 13.2 Å².